The lowest BCUT2D eigenvalue weighted by molar-refractivity contribution is 0.574. The minimum absolute atomic E-state index is 0.528. The lowest BCUT2D eigenvalue weighted by atomic mass is 9.90. The fraction of sp³-hybridized carbons (Fsp3) is 0.308. The maximum Gasteiger partial charge on any atom is 0.158 e. The smallest absolute Gasteiger partial charge is 0.158 e. The second-order valence-electron chi connectivity index (χ2n) is 4.51. The predicted molar refractivity (Wildman–Crippen MR) is 70.4 cm³/mol. The van der Waals surface area contributed by atoms with Gasteiger partial charge in [0.05, 0.1) is 6.34 Å². The molecule has 1 aliphatic rings. The molecule has 17 heavy (non-hydrogen) atoms. The molecule has 0 aromatic heterocycles. The van der Waals surface area contributed by atoms with Gasteiger partial charge in [-0.2, -0.15) is 0 Å². The van der Waals surface area contributed by atoms with Crippen LogP contribution < -0.4 is 16.8 Å². The minimum atomic E-state index is -0.863. The Hall–Kier alpha value is -1.81. The zero-order valence-corrected chi connectivity index (χ0v) is 10.4. The Balaban J connectivity index is 2.58. The molecule has 0 fully saturated rings. The lowest BCUT2D eigenvalue weighted by Crippen LogP contribution is -2.40. The van der Waals surface area contributed by atoms with Gasteiger partial charge in [0.1, 0.15) is 5.82 Å². The van der Waals surface area contributed by atoms with E-state index in [1.165, 1.54) is 11.1 Å². The minimum Gasteiger partial charge on any atom is -0.385 e. The van der Waals surface area contributed by atoms with E-state index in [-0.39, 0.29) is 0 Å². The van der Waals surface area contributed by atoms with E-state index in [2.05, 4.69) is 37.1 Å². The number of rotatable bonds is 1. The second kappa shape index (κ2) is 3.89. The predicted octanol–water partition coefficient (Wildman–Crippen LogP) is 1.15. The van der Waals surface area contributed by atoms with Crippen LogP contribution in [0.15, 0.2) is 29.0 Å². The van der Waals surface area contributed by atoms with Crippen molar-refractivity contribution in [1.29, 1.82) is 0 Å². The fourth-order valence-corrected chi connectivity index (χ4v) is 2.07. The highest BCUT2D eigenvalue weighted by Gasteiger charge is 2.28. The first-order valence-corrected chi connectivity index (χ1v) is 5.59. The topological polar surface area (TPSA) is 76.4 Å². The molecule has 1 aromatic carbocycles. The van der Waals surface area contributed by atoms with Crippen molar-refractivity contribution in [2.24, 2.45) is 16.5 Å². The van der Waals surface area contributed by atoms with Crippen molar-refractivity contribution in [3.8, 4) is 0 Å². The molecule has 4 heteroatoms. The molecule has 4 nitrogen and oxygen atoms in total. The molecular weight excluding hydrogens is 212 g/mol. The normalized spacial score (nSPS) is 23.2. The summed E-state index contributed by atoms with van der Waals surface area (Å²) in [5.41, 5.74) is 15.8. The largest absolute Gasteiger partial charge is 0.385 e. The molecule has 0 amide bonds. The van der Waals surface area contributed by atoms with Gasteiger partial charge in [-0.3, -0.25) is 5.73 Å². The van der Waals surface area contributed by atoms with Crippen molar-refractivity contribution in [3.05, 3.63) is 46.3 Å². The maximum absolute atomic E-state index is 6.30. The zero-order valence-electron chi connectivity index (χ0n) is 10.4. The van der Waals surface area contributed by atoms with Gasteiger partial charge in [-0.25, -0.2) is 4.99 Å². The van der Waals surface area contributed by atoms with Crippen LogP contribution in [-0.4, -0.2) is 6.34 Å². The molecule has 0 bridgehead atoms. The second-order valence-corrected chi connectivity index (χ2v) is 4.51. The average molecular weight is 230 g/mol. The highest BCUT2D eigenvalue weighted by molar-refractivity contribution is 5.62. The third kappa shape index (κ3) is 1.91. The molecule has 1 atom stereocenters. The van der Waals surface area contributed by atoms with Gasteiger partial charge in [0.15, 0.2) is 5.66 Å². The first kappa shape index (κ1) is 11.7. The molecule has 0 radical (unpaired) electrons. The van der Waals surface area contributed by atoms with Crippen LogP contribution in [0.5, 0.6) is 0 Å². The lowest BCUT2D eigenvalue weighted by Gasteiger charge is -2.28. The van der Waals surface area contributed by atoms with Crippen molar-refractivity contribution < 1.29 is 0 Å². The standard InChI is InChI=1S/C13H18N4/c1-8-4-5-11(10(3)9(8)2)13(15)6-12(14)16-7-17-13/h4-7H,14-15H2,1-3H3,(H,16,17). The van der Waals surface area contributed by atoms with Gasteiger partial charge in [0.25, 0.3) is 0 Å². The Morgan fingerprint density at radius 2 is 1.88 bits per heavy atom. The summed E-state index contributed by atoms with van der Waals surface area (Å²) in [5, 5.41) is 2.82. The van der Waals surface area contributed by atoms with E-state index in [1.54, 1.807) is 12.4 Å². The molecule has 2 rings (SSSR count). The summed E-state index contributed by atoms with van der Waals surface area (Å²) in [6, 6.07) is 4.08. The van der Waals surface area contributed by atoms with Gasteiger partial charge >= 0.3 is 0 Å². The fourth-order valence-electron chi connectivity index (χ4n) is 2.07. The summed E-state index contributed by atoms with van der Waals surface area (Å²) in [5.74, 6) is 0.528. The van der Waals surface area contributed by atoms with Crippen LogP contribution in [0.1, 0.15) is 22.3 Å². The van der Waals surface area contributed by atoms with Crippen LogP contribution in [0.3, 0.4) is 0 Å². The number of benzene rings is 1. The maximum atomic E-state index is 6.30. The number of nitrogens with one attached hydrogen (secondary N) is 1. The summed E-state index contributed by atoms with van der Waals surface area (Å²) in [4.78, 5) is 4.30. The molecule has 0 spiro atoms. The van der Waals surface area contributed by atoms with Crippen molar-refractivity contribution >= 4 is 6.34 Å². The average Bonchev–Trinajstić information content (AvgIpc) is 2.25. The Bertz CT molecular complexity index is 516. The monoisotopic (exact) mass is 230 g/mol. The molecule has 90 valence electrons. The van der Waals surface area contributed by atoms with Crippen molar-refractivity contribution in [2.75, 3.05) is 0 Å². The highest BCUT2D eigenvalue weighted by Crippen LogP contribution is 2.29. The van der Waals surface area contributed by atoms with Crippen LogP contribution in [0.2, 0.25) is 0 Å². The van der Waals surface area contributed by atoms with Crippen LogP contribution in [-0.2, 0) is 5.66 Å². The van der Waals surface area contributed by atoms with Crippen molar-refractivity contribution in [3.63, 3.8) is 0 Å². The quantitative estimate of drug-likeness (QED) is 0.677. The van der Waals surface area contributed by atoms with Gasteiger partial charge in [-0.15, -0.1) is 0 Å². The number of aryl methyl sites for hydroxylation is 1. The van der Waals surface area contributed by atoms with Gasteiger partial charge < -0.3 is 11.1 Å². The highest BCUT2D eigenvalue weighted by atomic mass is 15.1. The Morgan fingerprint density at radius 1 is 1.18 bits per heavy atom. The van der Waals surface area contributed by atoms with E-state index in [0.29, 0.717) is 5.82 Å². The van der Waals surface area contributed by atoms with E-state index in [1.807, 2.05) is 6.07 Å². The summed E-state index contributed by atoms with van der Waals surface area (Å²) in [6.45, 7) is 6.24. The van der Waals surface area contributed by atoms with Gasteiger partial charge in [-0.1, -0.05) is 12.1 Å². The van der Waals surface area contributed by atoms with Crippen molar-refractivity contribution in [1.82, 2.24) is 5.32 Å². The number of nitrogens with zero attached hydrogens (tertiary/aromatic N) is 1. The summed E-state index contributed by atoms with van der Waals surface area (Å²) >= 11 is 0. The molecule has 0 aliphatic carbocycles. The number of hydrogen-bond donors (Lipinski definition) is 3. The van der Waals surface area contributed by atoms with Crippen LogP contribution in [0.25, 0.3) is 0 Å². The zero-order chi connectivity index (χ0) is 12.6. The number of hydrogen-bond acceptors (Lipinski definition) is 4. The number of nitrogens with two attached hydrogens (primary N) is 2. The SMILES string of the molecule is Cc1ccc(C2(N)C=C(N)NC=N2)c(C)c1C. The van der Waals surface area contributed by atoms with E-state index < -0.39 is 5.66 Å². The third-order valence-electron chi connectivity index (χ3n) is 3.37. The Labute approximate surface area is 101 Å². The van der Waals surface area contributed by atoms with Crippen LogP contribution in [0, 0.1) is 20.8 Å². The molecule has 1 unspecified atom stereocenters. The first-order valence-electron chi connectivity index (χ1n) is 5.59. The molecule has 0 saturated carbocycles. The van der Waals surface area contributed by atoms with Gasteiger partial charge in [-0.05, 0) is 37.5 Å². The molecule has 1 heterocycles. The van der Waals surface area contributed by atoms with E-state index in [0.717, 1.165) is 11.1 Å². The number of aliphatic imine (C=N–C) groups is 1. The Morgan fingerprint density at radius 3 is 2.53 bits per heavy atom. The molecule has 1 aromatic rings. The van der Waals surface area contributed by atoms with E-state index in [4.69, 9.17) is 11.5 Å². The molecule has 1 aliphatic heterocycles. The van der Waals surface area contributed by atoms with Crippen LogP contribution in [0.4, 0.5) is 0 Å². The molecule has 5 N–H and O–H groups in total. The summed E-state index contributed by atoms with van der Waals surface area (Å²) < 4.78 is 0. The molecule has 0 saturated heterocycles. The molecular formula is C13H18N4. The Kier molecular flexibility index (Phi) is 2.67. The van der Waals surface area contributed by atoms with Crippen LogP contribution >= 0.6 is 0 Å². The van der Waals surface area contributed by atoms with Gasteiger partial charge in [0.2, 0.25) is 0 Å². The summed E-state index contributed by atoms with van der Waals surface area (Å²) in [7, 11) is 0. The van der Waals surface area contributed by atoms with Crippen molar-refractivity contribution in [2.45, 2.75) is 26.4 Å². The van der Waals surface area contributed by atoms with E-state index in [9.17, 15) is 0 Å². The van der Waals surface area contributed by atoms with Gasteiger partial charge in [0, 0.05) is 11.6 Å². The third-order valence-corrected chi connectivity index (χ3v) is 3.37. The first-order chi connectivity index (χ1) is 7.94. The van der Waals surface area contributed by atoms with E-state index >= 15 is 0 Å². The summed E-state index contributed by atoms with van der Waals surface area (Å²) in [6.07, 6.45) is 3.29.